The van der Waals surface area contributed by atoms with Crippen LogP contribution in [0.3, 0.4) is 0 Å². The molecule has 0 aliphatic heterocycles. The molecule has 1 aromatic carbocycles. The predicted molar refractivity (Wildman–Crippen MR) is 87.3 cm³/mol. The molecule has 0 fully saturated rings. The molecule has 3 heteroatoms. The van der Waals surface area contributed by atoms with Gasteiger partial charge in [0, 0.05) is 6.54 Å². The van der Waals surface area contributed by atoms with E-state index in [0.29, 0.717) is 6.54 Å². The van der Waals surface area contributed by atoms with E-state index in [2.05, 4.69) is 13.2 Å². The van der Waals surface area contributed by atoms with Crippen LogP contribution in [0.25, 0.3) is 0 Å². The molecule has 0 heterocycles. The number of rotatable bonds is 5. The summed E-state index contributed by atoms with van der Waals surface area (Å²) in [4.78, 5) is 14.1. The zero-order chi connectivity index (χ0) is 16.0. The lowest BCUT2D eigenvalue weighted by Crippen LogP contribution is -2.39. The number of nitrogens with zero attached hydrogens (tertiary/aromatic N) is 1. The first-order chi connectivity index (χ1) is 9.80. The highest BCUT2D eigenvalue weighted by Gasteiger charge is 2.27. The molecule has 0 saturated heterocycles. The molecule has 0 aliphatic carbocycles. The molecule has 1 atom stereocenters. The molecule has 21 heavy (non-hydrogen) atoms. The third kappa shape index (κ3) is 4.78. The first-order valence-electron chi connectivity index (χ1n) is 7.08. The molecule has 1 amide bonds. The Morgan fingerprint density at radius 1 is 1.33 bits per heavy atom. The molecule has 0 aromatic heterocycles. The Balaban J connectivity index is 3.12. The third-order valence-corrected chi connectivity index (χ3v) is 3.02. The van der Waals surface area contributed by atoms with E-state index in [1.54, 1.807) is 17.1 Å². The first-order valence-corrected chi connectivity index (χ1v) is 7.08. The van der Waals surface area contributed by atoms with Crippen molar-refractivity contribution in [1.29, 1.82) is 0 Å². The van der Waals surface area contributed by atoms with Crippen LogP contribution in [0.4, 0.5) is 4.79 Å². The van der Waals surface area contributed by atoms with Crippen molar-refractivity contribution >= 4 is 6.09 Å². The number of benzene rings is 1. The molecule has 0 bridgehead atoms. The number of ether oxygens (including phenoxy) is 1. The average molecular weight is 287 g/mol. The SMILES string of the molecule is C=CCN(C(=O)OC(C)(C)C)C(C=C)c1ccccc1C. The first kappa shape index (κ1) is 17.0. The van der Waals surface area contributed by atoms with Crippen molar-refractivity contribution in [2.24, 2.45) is 0 Å². The lowest BCUT2D eigenvalue weighted by atomic mass is 10.00. The summed E-state index contributed by atoms with van der Waals surface area (Å²) >= 11 is 0. The van der Waals surface area contributed by atoms with E-state index in [4.69, 9.17) is 4.74 Å². The topological polar surface area (TPSA) is 29.5 Å². The van der Waals surface area contributed by atoms with Gasteiger partial charge in [-0.2, -0.15) is 0 Å². The summed E-state index contributed by atoms with van der Waals surface area (Å²) in [6, 6.07) is 7.72. The molecule has 1 aromatic rings. The highest BCUT2D eigenvalue weighted by Crippen LogP contribution is 2.26. The van der Waals surface area contributed by atoms with Gasteiger partial charge in [0.1, 0.15) is 5.60 Å². The Hall–Kier alpha value is -2.03. The zero-order valence-electron chi connectivity index (χ0n) is 13.4. The smallest absolute Gasteiger partial charge is 0.411 e. The summed E-state index contributed by atoms with van der Waals surface area (Å²) in [5.41, 5.74) is 1.62. The standard InChI is InChI=1S/C18H25NO2/c1-7-13-19(17(20)21-18(4,5)6)16(8-2)15-12-10-9-11-14(15)3/h7-12,16H,1-2,13H2,3-6H3. The lowest BCUT2D eigenvalue weighted by molar-refractivity contribution is 0.0222. The molecule has 1 rings (SSSR count). The minimum Gasteiger partial charge on any atom is -0.444 e. The monoisotopic (exact) mass is 287 g/mol. The Labute approximate surface area is 127 Å². The lowest BCUT2D eigenvalue weighted by Gasteiger charge is -2.32. The number of carbonyl (C=O) groups is 1. The molecule has 0 N–H and O–H groups in total. The number of aryl methyl sites for hydroxylation is 1. The van der Waals surface area contributed by atoms with Crippen LogP contribution in [0, 0.1) is 6.92 Å². The molecular weight excluding hydrogens is 262 g/mol. The van der Waals surface area contributed by atoms with Crippen molar-refractivity contribution in [1.82, 2.24) is 4.90 Å². The Morgan fingerprint density at radius 3 is 2.43 bits per heavy atom. The summed E-state index contributed by atoms with van der Waals surface area (Å²) in [6.07, 6.45) is 3.09. The third-order valence-electron chi connectivity index (χ3n) is 3.02. The van der Waals surface area contributed by atoms with Gasteiger partial charge in [-0.15, -0.1) is 13.2 Å². The molecule has 0 radical (unpaired) electrons. The van der Waals surface area contributed by atoms with E-state index in [9.17, 15) is 4.79 Å². The van der Waals surface area contributed by atoms with E-state index in [-0.39, 0.29) is 12.1 Å². The number of hydrogen-bond acceptors (Lipinski definition) is 2. The van der Waals surface area contributed by atoms with Gasteiger partial charge < -0.3 is 4.74 Å². The van der Waals surface area contributed by atoms with Gasteiger partial charge in [-0.1, -0.05) is 36.4 Å². The molecular formula is C18H25NO2. The van der Waals surface area contributed by atoms with Crippen molar-refractivity contribution < 1.29 is 9.53 Å². The molecule has 0 aliphatic rings. The Kier molecular flexibility index (Phi) is 5.77. The van der Waals surface area contributed by atoms with Gasteiger partial charge in [0.2, 0.25) is 0 Å². The van der Waals surface area contributed by atoms with Crippen molar-refractivity contribution in [2.75, 3.05) is 6.54 Å². The van der Waals surface area contributed by atoms with Gasteiger partial charge in [0.05, 0.1) is 6.04 Å². The number of amides is 1. The van der Waals surface area contributed by atoms with Crippen molar-refractivity contribution in [3.05, 3.63) is 60.7 Å². The summed E-state index contributed by atoms with van der Waals surface area (Å²) < 4.78 is 5.49. The van der Waals surface area contributed by atoms with E-state index in [1.807, 2.05) is 52.0 Å². The van der Waals surface area contributed by atoms with Gasteiger partial charge in [-0.05, 0) is 38.8 Å². The molecule has 114 valence electrons. The second-order valence-electron chi connectivity index (χ2n) is 5.96. The Bertz CT molecular complexity index is 514. The fourth-order valence-electron chi connectivity index (χ4n) is 2.10. The van der Waals surface area contributed by atoms with Crippen molar-refractivity contribution in [3.8, 4) is 0 Å². The molecule has 1 unspecified atom stereocenters. The van der Waals surface area contributed by atoms with E-state index >= 15 is 0 Å². The van der Waals surface area contributed by atoms with Gasteiger partial charge >= 0.3 is 6.09 Å². The van der Waals surface area contributed by atoms with Gasteiger partial charge in [0.25, 0.3) is 0 Å². The largest absolute Gasteiger partial charge is 0.444 e. The van der Waals surface area contributed by atoms with Crippen LogP contribution in [0.1, 0.15) is 37.9 Å². The minimum absolute atomic E-state index is 0.237. The maximum atomic E-state index is 12.4. The fraction of sp³-hybridized carbons (Fsp3) is 0.389. The number of carbonyl (C=O) groups excluding carboxylic acids is 1. The maximum Gasteiger partial charge on any atom is 0.411 e. The predicted octanol–water partition coefficient (Wildman–Crippen LogP) is 4.65. The van der Waals surface area contributed by atoms with Gasteiger partial charge in [-0.25, -0.2) is 4.79 Å². The van der Waals surface area contributed by atoms with Crippen LogP contribution in [0.2, 0.25) is 0 Å². The second-order valence-corrected chi connectivity index (χ2v) is 5.96. The van der Waals surface area contributed by atoms with Gasteiger partial charge in [-0.3, -0.25) is 4.90 Å². The van der Waals surface area contributed by atoms with Crippen LogP contribution in [-0.2, 0) is 4.74 Å². The van der Waals surface area contributed by atoms with E-state index in [0.717, 1.165) is 11.1 Å². The van der Waals surface area contributed by atoms with Crippen LogP contribution < -0.4 is 0 Å². The van der Waals surface area contributed by atoms with Crippen LogP contribution in [0.15, 0.2) is 49.6 Å². The second kappa shape index (κ2) is 7.11. The van der Waals surface area contributed by atoms with Crippen molar-refractivity contribution in [2.45, 2.75) is 39.3 Å². The zero-order valence-corrected chi connectivity index (χ0v) is 13.4. The van der Waals surface area contributed by atoms with Crippen LogP contribution in [0.5, 0.6) is 0 Å². The van der Waals surface area contributed by atoms with Gasteiger partial charge in [0.15, 0.2) is 0 Å². The Morgan fingerprint density at radius 2 is 1.95 bits per heavy atom. The highest BCUT2D eigenvalue weighted by atomic mass is 16.6. The fourth-order valence-corrected chi connectivity index (χ4v) is 2.10. The van der Waals surface area contributed by atoms with Crippen LogP contribution in [-0.4, -0.2) is 23.1 Å². The summed E-state index contributed by atoms with van der Waals surface area (Å²) in [5, 5.41) is 0. The quantitative estimate of drug-likeness (QED) is 0.738. The summed E-state index contributed by atoms with van der Waals surface area (Å²) in [5.74, 6) is 0. The summed E-state index contributed by atoms with van der Waals surface area (Å²) in [7, 11) is 0. The average Bonchev–Trinajstić information content (AvgIpc) is 2.38. The molecule has 0 spiro atoms. The maximum absolute atomic E-state index is 12.4. The molecule has 0 saturated carbocycles. The minimum atomic E-state index is -0.534. The van der Waals surface area contributed by atoms with Crippen molar-refractivity contribution in [3.63, 3.8) is 0 Å². The van der Waals surface area contributed by atoms with Crippen LogP contribution >= 0.6 is 0 Å². The molecule has 3 nitrogen and oxygen atoms in total. The highest BCUT2D eigenvalue weighted by molar-refractivity contribution is 5.69. The summed E-state index contributed by atoms with van der Waals surface area (Å²) in [6.45, 7) is 15.6. The normalized spacial score (nSPS) is 12.4. The van der Waals surface area contributed by atoms with E-state index in [1.165, 1.54) is 0 Å². The number of hydrogen-bond donors (Lipinski definition) is 0. The van der Waals surface area contributed by atoms with E-state index < -0.39 is 5.60 Å².